The molecule has 5 rings (SSSR count). The lowest BCUT2D eigenvalue weighted by Gasteiger charge is -2.16. The minimum Gasteiger partial charge on any atom is -0.507 e. The lowest BCUT2D eigenvalue weighted by Crippen LogP contribution is -1.98. The molecule has 1 heterocycles. The number of aromatic hydroxyl groups is 2. The van der Waals surface area contributed by atoms with Crippen LogP contribution in [-0.2, 0) is 0 Å². The van der Waals surface area contributed by atoms with E-state index in [4.69, 9.17) is 9.97 Å². The highest BCUT2D eigenvalue weighted by molar-refractivity contribution is 9.11. The molecule has 0 aliphatic rings. The number of fused-ring (bicyclic) bond motifs is 2. The number of nitrogens with zero attached hydrogens (tertiary/aromatic N) is 2. The van der Waals surface area contributed by atoms with Crippen LogP contribution in [0, 0.1) is 0 Å². The van der Waals surface area contributed by atoms with Gasteiger partial charge in [-0.1, -0.05) is 56.1 Å². The molecule has 0 amide bonds. The van der Waals surface area contributed by atoms with Crippen LogP contribution in [0.25, 0.3) is 44.3 Å². The number of phenolic OH excluding ortho intramolecular Hbond substituents is 2. The van der Waals surface area contributed by atoms with Crippen LogP contribution in [0.3, 0.4) is 0 Å². The summed E-state index contributed by atoms with van der Waals surface area (Å²) >= 11 is 14.4. The van der Waals surface area contributed by atoms with Gasteiger partial charge in [-0.3, -0.25) is 0 Å². The second-order valence-electron chi connectivity index (χ2n) is 7.11. The molecule has 158 valence electrons. The molecular weight excluding hydrogens is 668 g/mol. The largest absolute Gasteiger partial charge is 0.507 e. The van der Waals surface area contributed by atoms with Gasteiger partial charge in [-0.05, 0) is 79.0 Å². The standard InChI is InChI=1S/C24H12Br4N2O2/c25-11-5-7-17(31)15(9-11)21-22(16-10-12(26)6-8-18(16)32)30-24-20(28)14-4-2-1-3-13(14)19(27)23(24)29-21/h1-10,31-32H. The van der Waals surface area contributed by atoms with Crippen molar-refractivity contribution in [2.75, 3.05) is 0 Å². The average molecular weight is 680 g/mol. The lowest BCUT2D eigenvalue weighted by atomic mass is 10.0. The van der Waals surface area contributed by atoms with Crippen LogP contribution >= 0.6 is 63.7 Å². The summed E-state index contributed by atoms with van der Waals surface area (Å²) in [6, 6.07) is 18.2. The van der Waals surface area contributed by atoms with E-state index in [0.717, 1.165) is 28.7 Å². The van der Waals surface area contributed by atoms with E-state index in [1.165, 1.54) is 0 Å². The number of halogens is 4. The van der Waals surface area contributed by atoms with Gasteiger partial charge in [-0.15, -0.1) is 0 Å². The molecule has 0 bridgehead atoms. The van der Waals surface area contributed by atoms with Crippen LogP contribution in [0.2, 0.25) is 0 Å². The zero-order valence-electron chi connectivity index (χ0n) is 16.1. The van der Waals surface area contributed by atoms with Crippen molar-refractivity contribution >= 4 is 85.5 Å². The maximum Gasteiger partial charge on any atom is 0.125 e. The predicted octanol–water partition coefficient (Wildman–Crippen LogP) is 8.58. The van der Waals surface area contributed by atoms with Gasteiger partial charge >= 0.3 is 0 Å². The van der Waals surface area contributed by atoms with Gasteiger partial charge in [0.2, 0.25) is 0 Å². The van der Waals surface area contributed by atoms with E-state index in [2.05, 4.69) is 63.7 Å². The second kappa shape index (κ2) is 8.41. The van der Waals surface area contributed by atoms with E-state index < -0.39 is 0 Å². The summed E-state index contributed by atoms with van der Waals surface area (Å²) in [6.45, 7) is 0. The van der Waals surface area contributed by atoms with Gasteiger partial charge in [0, 0.05) is 20.1 Å². The Labute approximate surface area is 216 Å². The highest BCUT2D eigenvalue weighted by Crippen LogP contribution is 2.44. The first-order valence-electron chi connectivity index (χ1n) is 9.40. The Kier molecular flexibility index (Phi) is 5.73. The normalized spacial score (nSPS) is 11.4. The van der Waals surface area contributed by atoms with Gasteiger partial charge in [0.05, 0.1) is 8.95 Å². The minimum atomic E-state index is 0.0635. The molecule has 0 aliphatic carbocycles. The van der Waals surface area contributed by atoms with E-state index in [9.17, 15) is 10.2 Å². The molecule has 1 aromatic heterocycles. The van der Waals surface area contributed by atoms with Crippen LogP contribution < -0.4 is 0 Å². The van der Waals surface area contributed by atoms with Crippen LogP contribution in [0.1, 0.15) is 0 Å². The third-order valence-corrected chi connectivity index (χ3v) is 7.73. The summed E-state index contributed by atoms with van der Waals surface area (Å²) in [5.74, 6) is 0.127. The summed E-state index contributed by atoms with van der Waals surface area (Å²) in [7, 11) is 0. The highest BCUT2D eigenvalue weighted by Gasteiger charge is 2.22. The Morgan fingerprint density at radius 1 is 0.562 bits per heavy atom. The van der Waals surface area contributed by atoms with E-state index in [-0.39, 0.29) is 11.5 Å². The third-order valence-electron chi connectivity index (χ3n) is 5.14. The van der Waals surface area contributed by atoms with Crippen molar-refractivity contribution in [1.82, 2.24) is 9.97 Å². The third kappa shape index (κ3) is 3.63. The van der Waals surface area contributed by atoms with E-state index in [1.54, 1.807) is 36.4 Å². The fraction of sp³-hybridized carbons (Fsp3) is 0. The second-order valence-corrected chi connectivity index (χ2v) is 10.5. The molecule has 0 atom stereocenters. The predicted molar refractivity (Wildman–Crippen MR) is 142 cm³/mol. The Morgan fingerprint density at radius 2 is 0.969 bits per heavy atom. The first-order valence-corrected chi connectivity index (χ1v) is 12.6. The molecule has 0 fully saturated rings. The zero-order valence-corrected chi connectivity index (χ0v) is 22.4. The number of rotatable bonds is 2. The van der Waals surface area contributed by atoms with Crippen LogP contribution in [0.15, 0.2) is 78.6 Å². The maximum absolute atomic E-state index is 10.7. The number of hydrogen-bond donors (Lipinski definition) is 2. The van der Waals surface area contributed by atoms with Crippen molar-refractivity contribution in [3.05, 3.63) is 78.6 Å². The van der Waals surface area contributed by atoms with Crippen molar-refractivity contribution in [3.8, 4) is 34.0 Å². The van der Waals surface area contributed by atoms with Crippen LogP contribution in [-0.4, -0.2) is 20.2 Å². The smallest absolute Gasteiger partial charge is 0.125 e. The van der Waals surface area contributed by atoms with Gasteiger partial charge in [0.25, 0.3) is 0 Å². The molecule has 4 nitrogen and oxygen atoms in total. The lowest BCUT2D eigenvalue weighted by molar-refractivity contribution is 0.475. The monoisotopic (exact) mass is 676 g/mol. The van der Waals surface area contributed by atoms with Gasteiger partial charge in [0.15, 0.2) is 0 Å². The number of aromatic nitrogens is 2. The molecule has 0 spiro atoms. The molecule has 2 N–H and O–H groups in total. The molecule has 0 radical (unpaired) electrons. The van der Waals surface area contributed by atoms with Crippen molar-refractivity contribution in [3.63, 3.8) is 0 Å². The minimum absolute atomic E-state index is 0.0635. The summed E-state index contributed by atoms with van der Waals surface area (Å²) in [5, 5.41) is 23.3. The molecule has 0 unspecified atom stereocenters. The first-order chi connectivity index (χ1) is 15.3. The van der Waals surface area contributed by atoms with Crippen LogP contribution in [0.4, 0.5) is 0 Å². The summed E-state index contributed by atoms with van der Waals surface area (Å²) in [6.07, 6.45) is 0. The topological polar surface area (TPSA) is 66.2 Å². The fourth-order valence-electron chi connectivity index (χ4n) is 3.63. The molecule has 0 saturated carbocycles. The number of phenols is 2. The number of benzene rings is 4. The van der Waals surface area contributed by atoms with Gasteiger partial charge in [-0.25, -0.2) is 9.97 Å². The molecular formula is C24H12Br4N2O2. The quantitative estimate of drug-likeness (QED) is 0.184. The summed E-state index contributed by atoms with van der Waals surface area (Å²) < 4.78 is 3.19. The molecule has 0 aliphatic heterocycles. The van der Waals surface area contributed by atoms with Crippen LogP contribution in [0.5, 0.6) is 11.5 Å². The molecule has 0 saturated heterocycles. The molecule has 32 heavy (non-hydrogen) atoms. The number of hydrogen-bond acceptors (Lipinski definition) is 4. The van der Waals surface area contributed by atoms with Gasteiger partial charge < -0.3 is 10.2 Å². The SMILES string of the molecule is Oc1ccc(Br)cc1-c1nc2c(Br)c3ccccc3c(Br)c2nc1-c1cc(Br)ccc1O. The Balaban J connectivity index is 1.98. The maximum atomic E-state index is 10.7. The van der Waals surface area contributed by atoms with E-state index in [1.807, 2.05) is 24.3 Å². The molecule has 4 aromatic carbocycles. The Morgan fingerprint density at radius 3 is 1.38 bits per heavy atom. The van der Waals surface area contributed by atoms with Gasteiger partial charge in [0.1, 0.15) is 33.9 Å². The van der Waals surface area contributed by atoms with Crippen molar-refractivity contribution in [2.24, 2.45) is 0 Å². The first kappa shape index (κ1) is 21.8. The van der Waals surface area contributed by atoms with Crippen molar-refractivity contribution in [2.45, 2.75) is 0 Å². The molecule has 5 aromatic rings. The van der Waals surface area contributed by atoms with Crippen molar-refractivity contribution < 1.29 is 10.2 Å². The van der Waals surface area contributed by atoms with E-state index in [0.29, 0.717) is 33.5 Å². The Hall–Kier alpha value is -2.00. The fourth-order valence-corrected chi connectivity index (χ4v) is 5.60. The highest BCUT2D eigenvalue weighted by atomic mass is 79.9. The Bertz CT molecular complexity index is 1440. The summed E-state index contributed by atoms with van der Waals surface area (Å²) in [4.78, 5) is 9.92. The summed E-state index contributed by atoms with van der Waals surface area (Å²) in [5.41, 5.74) is 3.19. The zero-order chi connectivity index (χ0) is 22.6. The molecule has 8 heteroatoms. The van der Waals surface area contributed by atoms with E-state index >= 15 is 0 Å². The average Bonchev–Trinajstić information content (AvgIpc) is 2.80. The van der Waals surface area contributed by atoms with Gasteiger partial charge in [-0.2, -0.15) is 0 Å². The van der Waals surface area contributed by atoms with Crippen molar-refractivity contribution in [1.29, 1.82) is 0 Å².